The lowest BCUT2D eigenvalue weighted by Crippen LogP contribution is -2.26. The molecule has 1 unspecified atom stereocenters. The van der Waals surface area contributed by atoms with E-state index in [2.05, 4.69) is 18.3 Å². The van der Waals surface area contributed by atoms with Gasteiger partial charge in [-0.05, 0) is 24.1 Å². The highest BCUT2D eigenvalue weighted by atomic mass is 35.5. The van der Waals surface area contributed by atoms with Gasteiger partial charge in [-0.25, -0.2) is 0 Å². The first-order chi connectivity index (χ1) is 6.77. The Morgan fingerprint density at radius 1 is 1.50 bits per heavy atom. The molecule has 0 aliphatic heterocycles. The Hall–Kier alpha value is -0.570. The standard InChI is InChI=1S/C11H17ClN2/c1-2-11(14-7-6-13)9-4-3-5-10(12)8-9/h3-5,8,11,14H,2,6-7,13H2,1H3. The first-order valence-electron chi connectivity index (χ1n) is 4.96. The van der Waals surface area contributed by atoms with Crippen molar-refractivity contribution >= 4 is 11.6 Å². The molecule has 0 fully saturated rings. The second kappa shape index (κ2) is 6.02. The quantitative estimate of drug-likeness (QED) is 0.787. The summed E-state index contributed by atoms with van der Waals surface area (Å²) in [5.41, 5.74) is 6.68. The molecule has 2 nitrogen and oxygen atoms in total. The minimum atomic E-state index is 0.359. The smallest absolute Gasteiger partial charge is 0.0409 e. The van der Waals surface area contributed by atoms with Crippen molar-refractivity contribution in [2.45, 2.75) is 19.4 Å². The van der Waals surface area contributed by atoms with E-state index in [0.717, 1.165) is 18.0 Å². The van der Waals surface area contributed by atoms with Crippen molar-refractivity contribution in [3.05, 3.63) is 34.9 Å². The van der Waals surface area contributed by atoms with Crippen molar-refractivity contribution < 1.29 is 0 Å². The van der Waals surface area contributed by atoms with E-state index in [0.29, 0.717) is 12.6 Å². The minimum Gasteiger partial charge on any atom is -0.329 e. The van der Waals surface area contributed by atoms with Crippen LogP contribution in [0, 0.1) is 0 Å². The SMILES string of the molecule is CCC(NCCN)c1cccc(Cl)c1. The average Bonchev–Trinajstić information content (AvgIpc) is 2.19. The number of nitrogens with two attached hydrogens (primary N) is 1. The lowest BCUT2D eigenvalue weighted by atomic mass is 10.0. The van der Waals surface area contributed by atoms with Crippen molar-refractivity contribution in [2.24, 2.45) is 5.73 Å². The zero-order valence-electron chi connectivity index (χ0n) is 8.46. The number of halogens is 1. The predicted molar refractivity (Wildman–Crippen MR) is 61.5 cm³/mol. The molecule has 0 spiro atoms. The molecule has 3 N–H and O–H groups in total. The van der Waals surface area contributed by atoms with Crippen LogP contribution in [0.2, 0.25) is 5.02 Å². The fourth-order valence-corrected chi connectivity index (χ4v) is 1.68. The van der Waals surface area contributed by atoms with Gasteiger partial charge in [0.1, 0.15) is 0 Å². The van der Waals surface area contributed by atoms with Gasteiger partial charge >= 0.3 is 0 Å². The van der Waals surface area contributed by atoms with Gasteiger partial charge in [0.2, 0.25) is 0 Å². The molecule has 0 aliphatic carbocycles. The lowest BCUT2D eigenvalue weighted by Gasteiger charge is -2.16. The van der Waals surface area contributed by atoms with Gasteiger partial charge in [0.25, 0.3) is 0 Å². The van der Waals surface area contributed by atoms with Gasteiger partial charge in [0.15, 0.2) is 0 Å². The summed E-state index contributed by atoms with van der Waals surface area (Å²) in [5.74, 6) is 0. The molecule has 0 bridgehead atoms. The second-order valence-electron chi connectivity index (χ2n) is 3.26. The van der Waals surface area contributed by atoms with Crippen LogP contribution in [0.25, 0.3) is 0 Å². The first kappa shape index (κ1) is 11.5. The van der Waals surface area contributed by atoms with Crippen LogP contribution in [-0.4, -0.2) is 13.1 Å². The molecule has 1 atom stereocenters. The van der Waals surface area contributed by atoms with Crippen LogP contribution in [-0.2, 0) is 0 Å². The highest BCUT2D eigenvalue weighted by Crippen LogP contribution is 2.19. The first-order valence-corrected chi connectivity index (χ1v) is 5.34. The molecule has 78 valence electrons. The molecule has 1 aromatic carbocycles. The molecule has 0 saturated carbocycles. The highest BCUT2D eigenvalue weighted by molar-refractivity contribution is 6.30. The van der Waals surface area contributed by atoms with Crippen molar-refractivity contribution in [3.8, 4) is 0 Å². The summed E-state index contributed by atoms with van der Waals surface area (Å²) in [4.78, 5) is 0. The van der Waals surface area contributed by atoms with Gasteiger partial charge < -0.3 is 11.1 Å². The van der Waals surface area contributed by atoms with E-state index in [-0.39, 0.29) is 0 Å². The van der Waals surface area contributed by atoms with E-state index in [4.69, 9.17) is 17.3 Å². The van der Waals surface area contributed by atoms with Crippen molar-refractivity contribution in [1.82, 2.24) is 5.32 Å². The summed E-state index contributed by atoms with van der Waals surface area (Å²) < 4.78 is 0. The molecule has 1 rings (SSSR count). The third-order valence-corrected chi connectivity index (χ3v) is 2.43. The predicted octanol–water partition coefficient (Wildman–Crippen LogP) is 2.34. The van der Waals surface area contributed by atoms with E-state index in [1.54, 1.807) is 0 Å². The van der Waals surface area contributed by atoms with E-state index in [1.807, 2.05) is 18.2 Å². The number of nitrogens with one attached hydrogen (secondary N) is 1. The molecule has 0 heterocycles. The largest absolute Gasteiger partial charge is 0.329 e. The molecule has 0 saturated heterocycles. The van der Waals surface area contributed by atoms with Crippen molar-refractivity contribution in [2.75, 3.05) is 13.1 Å². The van der Waals surface area contributed by atoms with Gasteiger partial charge in [-0.2, -0.15) is 0 Å². The van der Waals surface area contributed by atoms with E-state index < -0.39 is 0 Å². The number of hydrogen-bond donors (Lipinski definition) is 2. The topological polar surface area (TPSA) is 38.0 Å². The second-order valence-corrected chi connectivity index (χ2v) is 3.70. The maximum Gasteiger partial charge on any atom is 0.0409 e. The van der Waals surface area contributed by atoms with Gasteiger partial charge in [0, 0.05) is 24.2 Å². The zero-order valence-corrected chi connectivity index (χ0v) is 9.22. The third-order valence-electron chi connectivity index (χ3n) is 2.19. The normalized spacial score (nSPS) is 12.8. The van der Waals surface area contributed by atoms with E-state index in [9.17, 15) is 0 Å². The molecule has 0 amide bonds. The zero-order chi connectivity index (χ0) is 10.4. The Morgan fingerprint density at radius 2 is 2.29 bits per heavy atom. The Balaban J connectivity index is 2.68. The summed E-state index contributed by atoms with van der Waals surface area (Å²) in [6.45, 7) is 3.65. The fraction of sp³-hybridized carbons (Fsp3) is 0.455. The number of rotatable bonds is 5. The number of hydrogen-bond acceptors (Lipinski definition) is 2. The molecule has 3 heteroatoms. The van der Waals surface area contributed by atoms with Crippen molar-refractivity contribution in [3.63, 3.8) is 0 Å². The van der Waals surface area contributed by atoms with E-state index in [1.165, 1.54) is 5.56 Å². The van der Waals surface area contributed by atoms with E-state index >= 15 is 0 Å². The van der Waals surface area contributed by atoms with Gasteiger partial charge in [-0.1, -0.05) is 30.7 Å². The van der Waals surface area contributed by atoms with Crippen LogP contribution in [0.5, 0.6) is 0 Å². The maximum absolute atomic E-state index is 5.93. The van der Waals surface area contributed by atoms with Crippen LogP contribution in [0.3, 0.4) is 0 Å². The average molecular weight is 213 g/mol. The van der Waals surface area contributed by atoms with Crippen LogP contribution in [0.15, 0.2) is 24.3 Å². The Bertz CT molecular complexity index is 276. The van der Waals surface area contributed by atoms with Crippen LogP contribution in [0.1, 0.15) is 24.9 Å². The summed E-state index contributed by atoms with van der Waals surface area (Å²) in [6, 6.07) is 8.31. The molecule has 0 aromatic heterocycles. The molecule has 0 aliphatic rings. The molecule has 0 radical (unpaired) electrons. The van der Waals surface area contributed by atoms with Crippen LogP contribution < -0.4 is 11.1 Å². The molecular formula is C11H17ClN2. The van der Waals surface area contributed by atoms with Gasteiger partial charge in [0.05, 0.1) is 0 Å². The minimum absolute atomic E-state index is 0.359. The maximum atomic E-state index is 5.93. The number of benzene rings is 1. The fourth-order valence-electron chi connectivity index (χ4n) is 1.48. The summed E-state index contributed by atoms with van der Waals surface area (Å²) in [5, 5.41) is 4.17. The Labute approximate surface area is 90.4 Å². The van der Waals surface area contributed by atoms with Crippen LogP contribution >= 0.6 is 11.6 Å². The van der Waals surface area contributed by atoms with Gasteiger partial charge in [-0.3, -0.25) is 0 Å². The molecular weight excluding hydrogens is 196 g/mol. The highest BCUT2D eigenvalue weighted by Gasteiger charge is 2.07. The Kier molecular flexibility index (Phi) is 4.94. The van der Waals surface area contributed by atoms with Crippen molar-refractivity contribution in [1.29, 1.82) is 0 Å². The summed E-state index contributed by atoms with van der Waals surface area (Å²) >= 11 is 5.93. The molecule has 14 heavy (non-hydrogen) atoms. The van der Waals surface area contributed by atoms with Crippen LogP contribution in [0.4, 0.5) is 0 Å². The summed E-state index contributed by atoms with van der Waals surface area (Å²) in [6.07, 6.45) is 1.04. The summed E-state index contributed by atoms with van der Waals surface area (Å²) in [7, 11) is 0. The molecule has 1 aromatic rings. The third kappa shape index (κ3) is 3.29. The van der Waals surface area contributed by atoms with Gasteiger partial charge in [-0.15, -0.1) is 0 Å². The monoisotopic (exact) mass is 212 g/mol. The Morgan fingerprint density at radius 3 is 2.86 bits per heavy atom. The lowest BCUT2D eigenvalue weighted by molar-refractivity contribution is 0.527.